The molecule has 0 aliphatic rings. The molecule has 1 unspecified atom stereocenters. The molecule has 1 atom stereocenters. The average molecular weight is 377 g/mol. The first-order valence-electron chi connectivity index (χ1n) is 9.34. The molecule has 0 bridgehead atoms. The van der Waals surface area contributed by atoms with E-state index < -0.39 is 0 Å². The number of hydrogen-bond acceptors (Lipinski definition) is 4. The second kappa shape index (κ2) is 9.29. The van der Waals surface area contributed by atoms with Crippen molar-refractivity contribution in [2.24, 2.45) is 0 Å². The molecule has 4 nitrogen and oxygen atoms in total. The quantitative estimate of drug-likeness (QED) is 0.583. The van der Waals surface area contributed by atoms with Gasteiger partial charge in [-0.2, -0.15) is 0 Å². The minimum absolute atomic E-state index is 0.189. The van der Waals surface area contributed by atoms with Crippen LogP contribution in [0.2, 0.25) is 0 Å². The van der Waals surface area contributed by atoms with Gasteiger partial charge in [-0.1, -0.05) is 48.5 Å². The van der Waals surface area contributed by atoms with Gasteiger partial charge in [0, 0.05) is 18.2 Å². The molecule has 0 amide bonds. The van der Waals surface area contributed by atoms with Gasteiger partial charge in [-0.05, 0) is 41.8 Å². The SMILES string of the molecule is COc1ccc(C(C)NCc2ccc(-c3ccccc3OC)cc2)cc1OC. The summed E-state index contributed by atoms with van der Waals surface area (Å²) in [6, 6.07) is 22.8. The summed E-state index contributed by atoms with van der Waals surface area (Å²) in [5.41, 5.74) is 4.63. The Balaban J connectivity index is 1.66. The summed E-state index contributed by atoms with van der Waals surface area (Å²) >= 11 is 0. The highest BCUT2D eigenvalue weighted by molar-refractivity contribution is 5.70. The first-order valence-corrected chi connectivity index (χ1v) is 9.34. The lowest BCUT2D eigenvalue weighted by atomic mass is 10.0. The van der Waals surface area contributed by atoms with E-state index in [0.717, 1.165) is 40.5 Å². The van der Waals surface area contributed by atoms with Gasteiger partial charge in [0.05, 0.1) is 21.3 Å². The molecule has 1 N–H and O–H groups in total. The van der Waals surface area contributed by atoms with E-state index in [4.69, 9.17) is 14.2 Å². The molecule has 0 saturated carbocycles. The second-order valence-corrected chi connectivity index (χ2v) is 6.61. The summed E-state index contributed by atoms with van der Waals surface area (Å²) in [6.07, 6.45) is 0. The molecule has 0 aliphatic heterocycles. The predicted molar refractivity (Wildman–Crippen MR) is 113 cm³/mol. The van der Waals surface area contributed by atoms with Crippen LogP contribution < -0.4 is 19.5 Å². The molecule has 146 valence electrons. The number of benzene rings is 3. The lowest BCUT2D eigenvalue weighted by Crippen LogP contribution is -2.18. The topological polar surface area (TPSA) is 39.7 Å². The van der Waals surface area contributed by atoms with Crippen LogP contribution in [0.5, 0.6) is 17.2 Å². The molecule has 3 rings (SSSR count). The van der Waals surface area contributed by atoms with Crippen molar-refractivity contribution in [2.75, 3.05) is 21.3 Å². The van der Waals surface area contributed by atoms with Crippen LogP contribution in [0.1, 0.15) is 24.1 Å². The number of para-hydroxylation sites is 1. The Morgan fingerprint density at radius 2 is 1.43 bits per heavy atom. The van der Waals surface area contributed by atoms with Crippen molar-refractivity contribution in [1.82, 2.24) is 5.32 Å². The Kier molecular flexibility index (Phi) is 6.56. The molecule has 3 aromatic rings. The smallest absolute Gasteiger partial charge is 0.161 e. The Labute approximate surface area is 167 Å². The Bertz CT molecular complexity index is 906. The number of ether oxygens (including phenoxy) is 3. The Morgan fingerprint density at radius 1 is 0.750 bits per heavy atom. The summed E-state index contributed by atoms with van der Waals surface area (Å²) in [5, 5.41) is 3.56. The third-order valence-electron chi connectivity index (χ3n) is 4.89. The third kappa shape index (κ3) is 4.46. The Hall–Kier alpha value is -2.98. The molecule has 0 aromatic heterocycles. The van der Waals surface area contributed by atoms with Gasteiger partial charge >= 0.3 is 0 Å². The summed E-state index contributed by atoms with van der Waals surface area (Å²) < 4.78 is 16.2. The highest BCUT2D eigenvalue weighted by Crippen LogP contribution is 2.31. The van der Waals surface area contributed by atoms with Gasteiger partial charge in [-0.15, -0.1) is 0 Å². The van der Waals surface area contributed by atoms with Crippen LogP contribution in [-0.4, -0.2) is 21.3 Å². The summed E-state index contributed by atoms with van der Waals surface area (Å²) in [5.74, 6) is 2.37. The molecular formula is C24H27NO3. The van der Waals surface area contributed by atoms with Gasteiger partial charge in [0.15, 0.2) is 11.5 Å². The van der Waals surface area contributed by atoms with Gasteiger partial charge < -0.3 is 19.5 Å². The van der Waals surface area contributed by atoms with Gasteiger partial charge in [-0.3, -0.25) is 0 Å². The fraction of sp³-hybridized carbons (Fsp3) is 0.250. The highest BCUT2D eigenvalue weighted by Gasteiger charge is 2.10. The number of rotatable bonds is 8. The number of methoxy groups -OCH3 is 3. The maximum atomic E-state index is 5.46. The molecule has 28 heavy (non-hydrogen) atoms. The summed E-state index contributed by atoms with van der Waals surface area (Å²) in [6.45, 7) is 2.92. The normalized spacial score (nSPS) is 11.7. The van der Waals surface area contributed by atoms with Crippen molar-refractivity contribution in [3.63, 3.8) is 0 Å². The van der Waals surface area contributed by atoms with Gasteiger partial charge in [0.25, 0.3) is 0 Å². The molecule has 0 radical (unpaired) electrons. The Morgan fingerprint density at radius 3 is 2.11 bits per heavy atom. The van der Waals surface area contributed by atoms with Crippen LogP contribution in [0, 0.1) is 0 Å². The van der Waals surface area contributed by atoms with Gasteiger partial charge in [-0.25, -0.2) is 0 Å². The van der Waals surface area contributed by atoms with Gasteiger partial charge in [0.1, 0.15) is 5.75 Å². The first-order chi connectivity index (χ1) is 13.7. The average Bonchev–Trinajstić information content (AvgIpc) is 2.77. The van der Waals surface area contributed by atoms with Crippen molar-refractivity contribution in [1.29, 1.82) is 0 Å². The zero-order chi connectivity index (χ0) is 19.9. The van der Waals surface area contributed by atoms with Crippen LogP contribution in [0.25, 0.3) is 11.1 Å². The molecular weight excluding hydrogens is 350 g/mol. The van der Waals surface area contributed by atoms with Crippen LogP contribution >= 0.6 is 0 Å². The van der Waals surface area contributed by atoms with Gasteiger partial charge in [0.2, 0.25) is 0 Å². The zero-order valence-corrected chi connectivity index (χ0v) is 16.9. The predicted octanol–water partition coefficient (Wildman–Crippen LogP) is 5.23. The van der Waals surface area contributed by atoms with E-state index in [2.05, 4.69) is 48.6 Å². The van der Waals surface area contributed by atoms with E-state index >= 15 is 0 Å². The van der Waals surface area contributed by atoms with Crippen LogP contribution in [-0.2, 0) is 6.54 Å². The van der Waals surface area contributed by atoms with Crippen molar-refractivity contribution >= 4 is 0 Å². The van der Waals surface area contributed by atoms with Crippen molar-refractivity contribution < 1.29 is 14.2 Å². The largest absolute Gasteiger partial charge is 0.496 e. The number of nitrogens with one attached hydrogen (secondary N) is 1. The fourth-order valence-corrected chi connectivity index (χ4v) is 3.20. The second-order valence-electron chi connectivity index (χ2n) is 6.61. The lowest BCUT2D eigenvalue weighted by molar-refractivity contribution is 0.354. The maximum Gasteiger partial charge on any atom is 0.161 e. The minimum Gasteiger partial charge on any atom is -0.496 e. The molecule has 0 aliphatic carbocycles. The monoisotopic (exact) mass is 377 g/mol. The highest BCUT2D eigenvalue weighted by atomic mass is 16.5. The fourth-order valence-electron chi connectivity index (χ4n) is 3.20. The van der Waals surface area contributed by atoms with E-state index in [1.807, 2.05) is 30.3 Å². The summed E-state index contributed by atoms with van der Waals surface area (Å²) in [7, 11) is 5.00. The summed E-state index contributed by atoms with van der Waals surface area (Å²) in [4.78, 5) is 0. The number of hydrogen-bond donors (Lipinski definition) is 1. The van der Waals surface area contributed by atoms with E-state index in [0.29, 0.717) is 0 Å². The standard InChI is InChI=1S/C24H27NO3/c1-17(20-13-14-23(27-3)24(15-20)28-4)25-16-18-9-11-19(12-10-18)21-7-5-6-8-22(21)26-2/h5-15,17,25H,16H2,1-4H3. The first kappa shape index (κ1) is 19.8. The molecule has 4 heteroatoms. The van der Waals surface area contributed by atoms with Crippen LogP contribution in [0.15, 0.2) is 66.7 Å². The van der Waals surface area contributed by atoms with E-state index in [1.165, 1.54) is 5.56 Å². The van der Waals surface area contributed by atoms with Crippen LogP contribution in [0.4, 0.5) is 0 Å². The van der Waals surface area contributed by atoms with Crippen molar-refractivity contribution in [3.8, 4) is 28.4 Å². The minimum atomic E-state index is 0.189. The van der Waals surface area contributed by atoms with E-state index in [9.17, 15) is 0 Å². The lowest BCUT2D eigenvalue weighted by Gasteiger charge is -2.17. The van der Waals surface area contributed by atoms with E-state index in [1.54, 1.807) is 21.3 Å². The zero-order valence-electron chi connectivity index (χ0n) is 16.9. The van der Waals surface area contributed by atoms with Crippen molar-refractivity contribution in [3.05, 3.63) is 77.9 Å². The van der Waals surface area contributed by atoms with Crippen LogP contribution in [0.3, 0.4) is 0 Å². The molecule has 0 heterocycles. The maximum absolute atomic E-state index is 5.46. The molecule has 3 aromatic carbocycles. The third-order valence-corrected chi connectivity index (χ3v) is 4.89. The molecule has 0 saturated heterocycles. The molecule has 0 fully saturated rings. The molecule has 0 spiro atoms. The van der Waals surface area contributed by atoms with E-state index in [-0.39, 0.29) is 6.04 Å². The van der Waals surface area contributed by atoms with Crippen molar-refractivity contribution in [2.45, 2.75) is 19.5 Å².